The van der Waals surface area contributed by atoms with Gasteiger partial charge in [-0.1, -0.05) is 6.92 Å². The Morgan fingerprint density at radius 1 is 1.20 bits per heavy atom. The van der Waals surface area contributed by atoms with Crippen LogP contribution in [0.2, 0.25) is 0 Å². The first-order valence-corrected chi connectivity index (χ1v) is 7.96. The summed E-state index contributed by atoms with van der Waals surface area (Å²) in [5.41, 5.74) is -0.802. The highest BCUT2D eigenvalue weighted by molar-refractivity contribution is 5.06. The molecule has 0 radical (unpaired) electrons. The summed E-state index contributed by atoms with van der Waals surface area (Å²) < 4.78 is 6.32. The van der Waals surface area contributed by atoms with Crippen molar-refractivity contribution in [3.63, 3.8) is 0 Å². The van der Waals surface area contributed by atoms with E-state index in [1.807, 2.05) is 6.92 Å². The molecule has 2 heterocycles. The zero-order valence-electron chi connectivity index (χ0n) is 14.0. The maximum absolute atomic E-state index is 10.2. The topological polar surface area (TPSA) is 44.7 Å². The average Bonchev–Trinajstić information content (AvgIpc) is 2.68. The van der Waals surface area contributed by atoms with Crippen LogP contribution in [0.15, 0.2) is 0 Å². The fourth-order valence-corrected chi connectivity index (χ4v) is 4.11. The maximum atomic E-state index is 10.2. The van der Waals surface area contributed by atoms with Crippen LogP contribution in [0.4, 0.5) is 0 Å². The van der Waals surface area contributed by atoms with Crippen LogP contribution >= 0.6 is 0 Å². The fraction of sp³-hybridized carbons (Fsp3) is 1.00. The summed E-state index contributed by atoms with van der Waals surface area (Å²) in [7, 11) is 0. The molecule has 0 spiro atoms. The van der Waals surface area contributed by atoms with Crippen molar-refractivity contribution in [3.8, 4) is 0 Å². The average molecular weight is 284 g/mol. The van der Waals surface area contributed by atoms with E-state index in [9.17, 15) is 5.11 Å². The smallest absolute Gasteiger partial charge is 0.0790 e. The van der Waals surface area contributed by atoms with Crippen LogP contribution in [0, 0.1) is 5.92 Å². The van der Waals surface area contributed by atoms with Gasteiger partial charge in [0.25, 0.3) is 0 Å². The van der Waals surface area contributed by atoms with Crippen molar-refractivity contribution in [2.75, 3.05) is 26.2 Å². The van der Waals surface area contributed by atoms with Gasteiger partial charge in [0.2, 0.25) is 0 Å². The van der Waals surface area contributed by atoms with E-state index in [0.29, 0.717) is 12.0 Å². The van der Waals surface area contributed by atoms with E-state index in [-0.39, 0.29) is 11.2 Å². The second kappa shape index (κ2) is 5.24. The Bertz CT molecular complexity index is 352. The SMILES string of the molecule is CCNC1C(CN2CCC(C)(O)C2)C(C)(C)OC1(C)C. The van der Waals surface area contributed by atoms with E-state index in [2.05, 4.69) is 44.8 Å². The lowest BCUT2D eigenvalue weighted by atomic mass is 9.82. The number of aliphatic hydroxyl groups is 1. The molecule has 2 aliphatic heterocycles. The van der Waals surface area contributed by atoms with Crippen LogP contribution in [-0.2, 0) is 4.74 Å². The summed E-state index contributed by atoms with van der Waals surface area (Å²) in [4.78, 5) is 2.39. The van der Waals surface area contributed by atoms with Crippen LogP contribution < -0.4 is 5.32 Å². The number of rotatable bonds is 4. The first kappa shape index (κ1) is 16.2. The molecule has 0 saturated carbocycles. The standard InChI is InChI=1S/C16H32N2O2/c1-7-17-13-12(14(2,3)20-15(13,4)5)10-18-9-8-16(6,19)11-18/h12-13,17,19H,7-11H2,1-6H3. The molecule has 0 aliphatic carbocycles. The van der Waals surface area contributed by atoms with Crippen LogP contribution in [0.25, 0.3) is 0 Å². The molecule has 4 nitrogen and oxygen atoms in total. The van der Waals surface area contributed by atoms with Crippen LogP contribution in [-0.4, -0.2) is 59.0 Å². The molecule has 2 N–H and O–H groups in total. The van der Waals surface area contributed by atoms with E-state index in [1.54, 1.807) is 0 Å². The molecule has 0 aromatic heterocycles. The highest BCUT2D eigenvalue weighted by Gasteiger charge is 2.54. The van der Waals surface area contributed by atoms with Gasteiger partial charge in [-0.3, -0.25) is 4.90 Å². The van der Waals surface area contributed by atoms with Gasteiger partial charge in [0.1, 0.15) is 0 Å². The molecule has 20 heavy (non-hydrogen) atoms. The predicted molar refractivity (Wildman–Crippen MR) is 81.9 cm³/mol. The van der Waals surface area contributed by atoms with Crippen molar-refractivity contribution in [2.45, 2.75) is 70.8 Å². The van der Waals surface area contributed by atoms with Gasteiger partial charge in [-0.15, -0.1) is 0 Å². The lowest BCUT2D eigenvalue weighted by molar-refractivity contribution is -0.0796. The van der Waals surface area contributed by atoms with Crippen molar-refractivity contribution in [3.05, 3.63) is 0 Å². The third-order valence-electron chi connectivity index (χ3n) is 4.98. The molecule has 2 aliphatic rings. The number of nitrogens with zero attached hydrogens (tertiary/aromatic N) is 1. The Balaban J connectivity index is 2.11. The molecule has 118 valence electrons. The lowest BCUT2D eigenvalue weighted by Crippen LogP contribution is -2.51. The molecule has 0 amide bonds. The molecule has 0 aromatic rings. The van der Waals surface area contributed by atoms with Gasteiger partial charge < -0.3 is 15.2 Å². The van der Waals surface area contributed by atoms with E-state index in [1.165, 1.54) is 0 Å². The Morgan fingerprint density at radius 3 is 2.35 bits per heavy atom. The lowest BCUT2D eigenvalue weighted by Gasteiger charge is -2.33. The number of likely N-dealkylation sites (N-methyl/N-ethyl adjacent to an activating group) is 1. The number of hydrogen-bond donors (Lipinski definition) is 2. The van der Waals surface area contributed by atoms with E-state index in [4.69, 9.17) is 4.74 Å². The molecule has 3 atom stereocenters. The molecule has 2 fully saturated rings. The third kappa shape index (κ3) is 3.19. The maximum Gasteiger partial charge on any atom is 0.0790 e. The van der Waals surface area contributed by atoms with Crippen molar-refractivity contribution >= 4 is 0 Å². The van der Waals surface area contributed by atoms with E-state index in [0.717, 1.165) is 32.6 Å². The van der Waals surface area contributed by atoms with Crippen molar-refractivity contribution in [1.82, 2.24) is 10.2 Å². The van der Waals surface area contributed by atoms with Crippen LogP contribution in [0.5, 0.6) is 0 Å². The largest absolute Gasteiger partial charge is 0.389 e. The first-order chi connectivity index (χ1) is 9.07. The number of nitrogens with one attached hydrogen (secondary N) is 1. The van der Waals surface area contributed by atoms with Crippen LogP contribution in [0.1, 0.15) is 48.0 Å². The zero-order valence-corrected chi connectivity index (χ0v) is 14.0. The normalized spacial score (nSPS) is 40.4. The predicted octanol–water partition coefficient (Wildman–Crippen LogP) is 1.62. The Morgan fingerprint density at radius 2 is 1.85 bits per heavy atom. The Kier molecular flexibility index (Phi) is 4.25. The number of likely N-dealkylation sites (tertiary alicyclic amines) is 1. The Labute approximate surface area is 123 Å². The molecular formula is C16H32N2O2. The van der Waals surface area contributed by atoms with Crippen molar-refractivity contribution in [2.24, 2.45) is 5.92 Å². The van der Waals surface area contributed by atoms with Gasteiger partial charge in [-0.05, 0) is 47.6 Å². The molecule has 2 rings (SSSR count). The Hall–Kier alpha value is -0.160. The van der Waals surface area contributed by atoms with Gasteiger partial charge in [0.05, 0.1) is 16.8 Å². The molecule has 0 bridgehead atoms. The van der Waals surface area contributed by atoms with Gasteiger partial charge in [-0.25, -0.2) is 0 Å². The number of hydrogen-bond acceptors (Lipinski definition) is 4. The number of β-amino-alcohol motifs (C(OH)–C–C–N with tert-alkyl or cyclic N) is 1. The molecule has 2 saturated heterocycles. The number of ether oxygens (including phenoxy) is 1. The highest BCUT2D eigenvalue weighted by Crippen LogP contribution is 2.43. The summed E-state index contributed by atoms with van der Waals surface area (Å²) in [5.74, 6) is 0.436. The summed E-state index contributed by atoms with van der Waals surface area (Å²) >= 11 is 0. The second-order valence-electron chi connectivity index (χ2n) is 7.93. The third-order valence-corrected chi connectivity index (χ3v) is 4.98. The minimum Gasteiger partial charge on any atom is -0.389 e. The van der Waals surface area contributed by atoms with Gasteiger partial charge in [0, 0.05) is 31.6 Å². The first-order valence-electron chi connectivity index (χ1n) is 7.96. The van der Waals surface area contributed by atoms with Crippen molar-refractivity contribution < 1.29 is 9.84 Å². The van der Waals surface area contributed by atoms with E-state index >= 15 is 0 Å². The molecule has 4 heteroatoms. The van der Waals surface area contributed by atoms with E-state index < -0.39 is 5.60 Å². The van der Waals surface area contributed by atoms with Crippen molar-refractivity contribution in [1.29, 1.82) is 0 Å². The molecule has 0 aromatic carbocycles. The summed E-state index contributed by atoms with van der Waals surface area (Å²) in [6.07, 6.45) is 0.871. The van der Waals surface area contributed by atoms with Gasteiger partial charge >= 0.3 is 0 Å². The zero-order chi connectivity index (χ0) is 15.2. The second-order valence-corrected chi connectivity index (χ2v) is 7.93. The van der Waals surface area contributed by atoms with Gasteiger partial charge in [-0.2, -0.15) is 0 Å². The molecule has 3 unspecified atom stereocenters. The molecular weight excluding hydrogens is 252 g/mol. The quantitative estimate of drug-likeness (QED) is 0.823. The summed E-state index contributed by atoms with van der Waals surface area (Å²) in [6, 6.07) is 0.355. The minimum atomic E-state index is -0.521. The van der Waals surface area contributed by atoms with Gasteiger partial charge in [0.15, 0.2) is 0 Å². The fourth-order valence-electron chi connectivity index (χ4n) is 4.11. The monoisotopic (exact) mass is 284 g/mol. The summed E-state index contributed by atoms with van der Waals surface area (Å²) in [6.45, 7) is 16.6. The highest BCUT2D eigenvalue weighted by atomic mass is 16.5. The minimum absolute atomic E-state index is 0.134. The van der Waals surface area contributed by atoms with Crippen LogP contribution in [0.3, 0.4) is 0 Å². The summed E-state index contributed by atoms with van der Waals surface area (Å²) in [5, 5.41) is 13.8.